The summed E-state index contributed by atoms with van der Waals surface area (Å²) in [6.45, 7) is 15.5. The van der Waals surface area contributed by atoms with E-state index in [-0.39, 0.29) is 17.5 Å². The lowest BCUT2D eigenvalue weighted by atomic mass is 10.0. The van der Waals surface area contributed by atoms with E-state index < -0.39 is 0 Å². The number of hydrogen-bond donors (Lipinski definition) is 8. The number of anilines is 15. The Morgan fingerprint density at radius 3 is 1.34 bits per heavy atom. The van der Waals surface area contributed by atoms with Crippen molar-refractivity contribution in [1.29, 1.82) is 0 Å². The number of rotatable bonds is 13. The number of fused-ring (bicyclic) bond motifs is 2. The van der Waals surface area contributed by atoms with Gasteiger partial charge >= 0.3 is 5.69 Å². The van der Waals surface area contributed by atoms with Crippen LogP contribution in [0.5, 0.6) is 0 Å². The second kappa shape index (κ2) is 27.2. The summed E-state index contributed by atoms with van der Waals surface area (Å²) in [5.41, 5.74) is 14.6. The third kappa shape index (κ3) is 14.8. The van der Waals surface area contributed by atoms with E-state index in [0.29, 0.717) is 30.6 Å². The third-order valence-electron chi connectivity index (χ3n) is 15.0. The molecule has 0 aliphatic carbocycles. The largest absolute Gasteiger partial charge is 0.378 e. The van der Waals surface area contributed by atoms with E-state index in [0.717, 1.165) is 188 Å². The smallest absolute Gasteiger partial charge is 0.346 e. The molecule has 8 aromatic rings. The number of morpholine rings is 3. The Labute approximate surface area is 493 Å². The number of amides is 2. The Balaban J connectivity index is 0.000000136. The highest BCUT2D eigenvalue weighted by atomic mass is 16.5. The summed E-state index contributed by atoms with van der Waals surface area (Å²) < 4.78 is 16.4. The average Bonchev–Trinajstić information content (AvgIpc) is 3.73. The van der Waals surface area contributed by atoms with Crippen LogP contribution >= 0.6 is 0 Å². The number of aromatic amines is 1. The molecule has 3 saturated heterocycles. The number of hydrogen-bond acceptors (Lipinski definition) is 19. The molecule has 0 saturated carbocycles. The first kappa shape index (κ1) is 57.2. The Kier molecular flexibility index (Phi) is 18.3. The zero-order chi connectivity index (χ0) is 58.5. The van der Waals surface area contributed by atoms with Gasteiger partial charge in [0.05, 0.1) is 73.8 Å². The van der Waals surface area contributed by atoms with Crippen LogP contribution in [0.2, 0.25) is 0 Å². The van der Waals surface area contributed by atoms with Crippen molar-refractivity contribution < 1.29 is 23.8 Å². The Hall–Kier alpha value is -9.64. The van der Waals surface area contributed by atoms with Crippen molar-refractivity contribution >= 4 is 98.0 Å². The van der Waals surface area contributed by atoms with Gasteiger partial charge in [-0.1, -0.05) is 36.4 Å². The van der Waals surface area contributed by atoms with Crippen LogP contribution in [0.1, 0.15) is 40.7 Å². The molecular formula is C63H70N16O6. The van der Waals surface area contributed by atoms with Crippen LogP contribution < -0.4 is 57.6 Å². The summed E-state index contributed by atoms with van der Waals surface area (Å²) in [5.74, 6) is 3.35. The van der Waals surface area contributed by atoms with Crippen molar-refractivity contribution in [2.24, 2.45) is 0 Å². The summed E-state index contributed by atoms with van der Waals surface area (Å²) in [6, 6.07) is 36.3. The topological polar surface area (TPSA) is 253 Å². The van der Waals surface area contributed by atoms with E-state index >= 15 is 0 Å². The normalized spacial score (nSPS) is 15.5. The maximum Gasteiger partial charge on any atom is 0.346 e. The van der Waals surface area contributed by atoms with E-state index in [4.69, 9.17) is 24.2 Å². The molecule has 0 atom stereocenters. The average molecular weight is 1150 g/mol. The van der Waals surface area contributed by atoms with Crippen molar-refractivity contribution in [3.63, 3.8) is 0 Å². The number of ether oxygens (including phenoxy) is 3. The number of nitrogens with zero attached hydrogens (tertiary/aromatic N) is 8. The fourth-order valence-electron chi connectivity index (χ4n) is 10.4. The number of carbonyl (C=O) groups is 2. The molecule has 3 aromatic heterocycles. The van der Waals surface area contributed by atoms with Crippen molar-refractivity contribution in [2.45, 2.75) is 46.5 Å². The van der Waals surface area contributed by atoms with E-state index in [9.17, 15) is 14.4 Å². The predicted octanol–water partition coefficient (Wildman–Crippen LogP) is 9.65. The number of para-hydroxylation sites is 6. The minimum absolute atomic E-state index is 0.0631. The van der Waals surface area contributed by atoms with E-state index in [1.807, 2.05) is 112 Å². The molecule has 438 valence electrons. The molecule has 0 radical (unpaired) electrons. The summed E-state index contributed by atoms with van der Waals surface area (Å²) in [6.07, 6.45) is 7.69. The highest BCUT2D eigenvalue weighted by Gasteiger charge is 2.21. The van der Waals surface area contributed by atoms with Crippen molar-refractivity contribution in [3.8, 4) is 0 Å². The molecule has 0 unspecified atom stereocenters. The van der Waals surface area contributed by atoms with Crippen LogP contribution in [0.15, 0.2) is 133 Å². The molecule has 5 aliphatic heterocycles. The lowest BCUT2D eigenvalue weighted by Crippen LogP contribution is -2.36. The quantitative estimate of drug-likeness (QED) is 0.0535. The van der Waals surface area contributed by atoms with Gasteiger partial charge in [0.1, 0.15) is 17.5 Å². The molecule has 8 N–H and O–H groups in total. The molecule has 5 aliphatic rings. The fourth-order valence-corrected chi connectivity index (χ4v) is 10.4. The van der Waals surface area contributed by atoms with Crippen LogP contribution in [-0.4, -0.2) is 121 Å². The van der Waals surface area contributed by atoms with Crippen LogP contribution in [0.25, 0.3) is 0 Å². The molecular weight excluding hydrogens is 1080 g/mol. The Morgan fingerprint density at radius 2 is 0.847 bits per heavy atom. The van der Waals surface area contributed by atoms with Gasteiger partial charge in [-0.05, 0) is 118 Å². The molecule has 22 nitrogen and oxygen atoms in total. The standard InChI is InChI=1S/2C24H26N6O2.C15H18N4O2/c1-16-15-25-24(26-18-7-8-19-17(14-18)6-9-22(31)27-19)29-23(16)28-20-4-2-3-5-21(20)30-10-12-32-13-11-30;1-16-15-25-24(28-20-4-2-3-5-21(20)30-10-12-32-13-11-30)29-23(16)26-18-7-8-19-17(14-18)6-9-22(31)27-19;1-11-10-16-15(20)18-14(11)17-12-4-2-3-5-13(12)19-6-8-21-9-7-19/h2*2-5,7-8,14-15H,6,9-13H2,1H3,(H,27,31)(H2,25,26,28,29);2-5,10H,6-9H2,1H3,(H2,16,17,18,20). The summed E-state index contributed by atoms with van der Waals surface area (Å²) in [4.78, 5) is 66.3. The lowest BCUT2D eigenvalue weighted by molar-refractivity contribution is -0.117. The molecule has 5 aromatic carbocycles. The first-order valence-electron chi connectivity index (χ1n) is 28.7. The van der Waals surface area contributed by atoms with Gasteiger partial charge in [-0.15, -0.1) is 0 Å². The highest BCUT2D eigenvalue weighted by molar-refractivity contribution is 5.95. The molecule has 8 heterocycles. The maximum absolute atomic E-state index is 11.6. The van der Waals surface area contributed by atoms with Crippen molar-refractivity contribution in [2.75, 3.05) is 131 Å². The molecule has 2 amide bonds. The van der Waals surface area contributed by atoms with Gasteiger partial charge in [0.2, 0.25) is 23.7 Å². The minimum atomic E-state index is -0.355. The van der Waals surface area contributed by atoms with Gasteiger partial charge in [-0.25, -0.2) is 19.7 Å². The molecule has 22 heteroatoms. The second-order valence-corrected chi connectivity index (χ2v) is 21.0. The second-order valence-electron chi connectivity index (χ2n) is 21.0. The highest BCUT2D eigenvalue weighted by Crippen LogP contribution is 2.34. The van der Waals surface area contributed by atoms with Crippen LogP contribution in [0, 0.1) is 20.8 Å². The number of aromatic nitrogens is 6. The number of H-pyrrole nitrogens is 1. The molecule has 85 heavy (non-hydrogen) atoms. The number of nitrogens with one attached hydrogen (secondary N) is 8. The molecule has 0 bridgehead atoms. The Bertz CT molecular complexity index is 3710. The predicted molar refractivity (Wildman–Crippen MR) is 335 cm³/mol. The zero-order valence-electron chi connectivity index (χ0n) is 48.0. The molecule has 3 fully saturated rings. The summed E-state index contributed by atoms with van der Waals surface area (Å²) in [5, 5.41) is 22.7. The van der Waals surface area contributed by atoms with Gasteiger partial charge in [-0.3, -0.25) is 14.6 Å². The van der Waals surface area contributed by atoms with Crippen LogP contribution in [-0.2, 0) is 36.6 Å². The van der Waals surface area contributed by atoms with Gasteiger partial charge < -0.3 is 66.1 Å². The zero-order valence-corrected chi connectivity index (χ0v) is 48.0. The van der Waals surface area contributed by atoms with Gasteiger partial charge in [0.25, 0.3) is 0 Å². The lowest BCUT2D eigenvalue weighted by Gasteiger charge is -2.30. The Morgan fingerprint density at radius 1 is 0.435 bits per heavy atom. The van der Waals surface area contributed by atoms with E-state index in [1.54, 1.807) is 6.20 Å². The number of aryl methyl sites for hydroxylation is 5. The third-order valence-corrected chi connectivity index (χ3v) is 15.0. The van der Waals surface area contributed by atoms with Crippen molar-refractivity contribution in [3.05, 3.63) is 166 Å². The SMILES string of the molecule is Cc1cnc(=O)[nH]c1Nc1ccccc1N1CCOCC1.Cc1cnc(Nc2ccc3c(c2)CCC(=O)N3)nc1Nc1ccccc1N1CCOCC1.Cc1cnc(Nc2ccccc2N2CCOCC2)nc1Nc1ccc2c(c1)CCC(=O)N2. The first-order chi connectivity index (χ1) is 41.5. The van der Waals surface area contributed by atoms with Crippen molar-refractivity contribution in [1.82, 2.24) is 29.9 Å². The van der Waals surface area contributed by atoms with E-state index in [2.05, 4.69) is 102 Å². The molecule has 13 rings (SSSR count). The number of benzene rings is 5. The number of carbonyl (C=O) groups excluding carboxylic acids is 2. The summed E-state index contributed by atoms with van der Waals surface area (Å²) >= 11 is 0. The first-order valence-corrected chi connectivity index (χ1v) is 28.7. The van der Waals surface area contributed by atoms with Crippen LogP contribution in [0.4, 0.5) is 86.2 Å². The monoisotopic (exact) mass is 1150 g/mol. The van der Waals surface area contributed by atoms with Gasteiger partial charge in [-0.2, -0.15) is 9.97 Å². The van der Waals surface area contributed by atoms with Crippen LogP contribution in [0.3, 0.4) is 0 Å². The minimum Gasteiger partial charge on any atom is -0.378 e. The maximum atomic E-state index is 11.6. The van der Waals surface area contributed by atoms with E-state index in [1.165, 1.54) is 0 Å². The summed E-state index contributed by atoms with van der Waals surface area (Å²) in [7, 11) is 0. The van der Waals surface area contributed by atoms with Gasteiger partial charge in [0, 0.05) is 110 Å². The van der Waals surface area contributed by atoms with Gasteiger partial charge in [0.15, 0.2) is 0 Å². The fraction of sp³-hybridized carbons (Fsp3) is 0.302. The molecule has 0 spiro atoms.